The van der Waals surface area contributed by atoms with Crippen LogP contribution in [0.25, 0.3) is 0 Å². The topological polar surface area (TPSA) is 83.3 Å². The van der Waals surface area contributed by atoms with E-state index in [1.807, 2.05) is 13.8 Å². The van der Waals surface area contributed by atoms with Crippen molar-refractivity contribution in [3.63, 3.8) is 0 Å². The highest BCUT2D eigenvalue weighted by Gasteiger charge is 2.28. The van der Waals surface area contributed by atoms with Crippen molar-refractivity contribution in [1.82, 2.24) is 14.8 Å². The van der Waals surface area contributed by atoms with Gasteiger partial charge in [-0.15, -0.1) is 0 Å². The number of hydrogen-bond acceptors (Lipinski definition) is 6. The van der Waals surface area contributed by atoms with Gasteiger partial charge in [0.05, 0.1) is 7.11 Å². The summed E-state index contributed by atoms with van der Waals surface area (Å²) in [6.45, 7) is 5.50. The van der Waals surface area contributed by atoms with E-state index in [9.17, 15) is 9.59 Å². The van der Waals surface area contributed by atoms with Gasteiger partial charge >= 0.3 is 11.9 Å². The predicted molar refractivity (Wildman–Crippen MR) is 66.1 cm³/mol. The number of hydrogen-bond donors (Lipinski definition) is 0. The van der Waals surface area contributed by atoms with Crippen LogP contribution in [0.2, 0.25) is 0 Å². The molecule has 7 heteroatoms. The zero-order valence-electron chi connectivity index (χ0n) is 11.6. The van der Waals surface area contributed by atoms with E-state index in [0.717, 1.165) is 0 Å². The summed E-state index contributed by atoms with van der Waals surface area (Å²) < 4.78 is 11.2. The van der Waals surface area contributed by atoms with E-state index in [0.29, 0.717) is 6.42 Å². The Kier molecular flexibility index (Phi) is 5.47. The molecule has 0 fully saturated rings. The number of carbonyl (C=O) groups excluding carboxylic acids is 2. The van der Waals surface area contributed by atoms with Crippen molar-refractivity contribution in [2.45, 2.75) is 39.3 Å². The van der Waals surface area contributed by atoms with E-state index in [1.165, 1.54) is 24.4 Å². The summed E-state index contributed by atoms with van der Waals surface area (Å²) in [6, 6.07) is -0.637. The molecule has 0 unspecified atom stereocenters. The maximum absolute atomic E-state index is 11.9. The van der Waals surface area contributed by atoms with Gasteiger partial charge in [0.15, 0.2) is 6.10 Å². The zero-order valence-corrected chi connectivity index (χ0v) is 11.6. The number of rotatable bonds is 6. The first kappa shape index (κ1) is 15.1. The van der Waals surface area contributed by atoms with Crippen LogP contribution in [0.3, 0.4) is 0 Å². The summed E-state index contributed by atoms with van der Waals surface area (Å²) in [6.07, 6.45) is 2.28. The lowest BCUT2D eigenvalue weighted by molar-refractivity contribution is -0.169. The van der Waals surface area contributed by atoms with Gasteiger partial charge in [0, 0.05) is 0 Å². The fourth-order valence-electron chi connectivity index (χ4n) is 1.52. The average Bonchev–Trinajstić information content (AvgIpc) is 2.89. The molecule has 1 heterocycles. The molecule has 106 valence electrons. The number of esters is 2. The van der Waals surface area contributed by atoms with Crippen LogP contribution in [-0.2, 0) is 19.1 Å². The van der Waals surface area contributed by atoms with Gasteiger partial charge in [-0.05, 0) is 19.3 Å². The Bertz CT molecular complexity index is 417. The molecule has 1 aromatic rings. The highest BCUT2D eigenvalue weighted by molar-refractivity contribution is 5.80. The largest absolute Gasteiger partial charge is 0.466 e. The quantitative estimate of drug-likeness (QED) is 0.715. The van der Waals surface area contributed by atoms with Crippen molar-refractivity contribution < 1.29 is 19.1 Å². The smallest absolute Gasteiger partial charge is 0.347 e. The number of nitrogens with zero attached hydrogens (tertiary/aromatic N) is 3. The van der Waals surface area contributed by atoms with Gasteiger partial charge in [-0.3, -0.25) is 0 Å². The third-order valence-electron chi connectivity index (χ3n) is 2.58. The molecule has 0 aromatic carbocycles. The second kappa shape index (κ2) is 6.86. The summed E-state index contributed by atoms with van der Waals surface area (Å²) in [7, 11) is 1.27. The van der Waals surface area contributed by atoms with Crippen LogP contribution in [0.1, 0.15) is 33.2 Å². The first-order valence-corrected chi connectivity index (χ1v) is 6.08. The lowest BCUT2D eigenvalue weighted by Gasteiger charge is -2.19. The minimum atomic E-state index is -0.886. The van der Waals surface area contributed by atoms with Crippen LogP contribution in [0.5, 0.6) is 0 Å². The molecule has 0 spiro atoms. The van der Waals surface area contributed by atoms with Crippen LogP contribution in [-0.4, -0.2) is 39.9 Å². The van der Waals surface area contributed by atoms with Crippen LogP contribution < -0.4 is 0 Å². The average molecular weight is 269 g/mol. The molecule has 0 aliphatic heterocycles. The molecule has 0 saturated carbocycles. The second-order valence-corrected chi connectivity index (χ2v) is 4.63. The number of ether oxygens (including phenoxy) is 2. The first-order chi connectivity index (χ1) is 8.95. The Labute approximate surface area is 111 Å². The molecular weight excluding hydrogens is 250 g/mol. The molecule has 0 aliphatic rings. The van der Waals surface area contributed by atoms with Gasteiger partial charge in [-0.1, -0.05) is 13.8 Å². The van der Waals surface area contributed by atoms with E-state index in [1.54, 1.807) is 6.92 Å². The molecule has 0 bridgehead atoms. The van der Waals surface area contributed by atoms with Crippen molar-refractivity contribution in [2.24, 2.45) is 5.92 Å². The van der Waals surface area contributed by atoms with Gasteiger partial charge < -0.3 is 9.47 Å². The summed E-state index contributed by atoms with van der Waals surface area (Å²) >= 11 is 0. The van der Waals surface area contributed by atoms with Crippen molar-refractivity contribution in [2.75, 3.05) is 7.11 Å². The fourth-order valence-corrected chi connectivity index (χ4v) is 1.52. The van der Waals surface area contributed by atoms with Crippen molar-refractivity contribution in [3.05, 3.63) is 12.7 Å². The molecule has 1 aromatic heterocycles. The number of methoxy groups -OCH3 is 1. The Morgan fingerprint density at radius 3 is 2.42 bits per heavy atom. The van der Waals surface area contributed by atoms with Crippen LogP contribution in [0, 0.1) is 5.92 Å². The highest BCUT2D eigenvalue weighted by Crippen LogP contribution is 2.14. The third kappa shape index (κ3) is 4.35. The Balaban J connectivity index is 2.67. The highest BCUT2D eigenvalue weighted by atomic mass is 16.6. The fraction of sp³-hybridized carbons (Fsp3) is 0.667. The number of carbonyl (C=O) groups is 2. The Morgan fingerprint density at radius 1 is 1.26 bits per heavy atom. The molecule has 0 N–H and O–H groups in total. The Hall–Kier alpha value is -1.92. The predicted octanol–water partition coefficient (Wildman–Crippen LogP) is 0.970. The lowest BCUT2D eigenvalue weighted by atomic mass is 10.1. The summed E-state index contributed by atoms with van der Waals surface area (Å²) in [4.78, 5) is 27.2. The minimum absolute atomic E-state index is 0.207. The SMILES string of the molecule is COC(=O)[C@H](CC(C)C)OC(=O)[C@H](C)n1cncn1. The normalized spacial score (nSPS) is 13.9. The molecule has 0 amide bonds. The standard InChI is InChI=1S/C12H19N3O4/c1-8(2)5-10(12(17)18-4)19-11(16)9(3)15-7-13-6-14-15/h6-10H,5H2,1-4H3/t9-,10-/m0/s1. The van der Waals surface area contributed by atoms with Gasteiger partial charge in [0.2, 0.25) is 0 Å². The lowest BCUT2D eigenvalue weighted by Crippen LogP contribution is -2.32. The van der Waals surface area contributed by atoms with Gasteiger partial charge in [-0.25, -0.2) is 19.3 Å². The number of aromatic nitrogens is 3. The molecule has 0 saturated heterocycles. The minimum Gasteiger partial charge on any atom is -0.466 e. The molecule has 19 heavy (non-hydrogen) atoms. The maximum atomic E-state index is 11.9. The molecular formula is C12H19N3O4. The van der Waals surface area contributed by atoms with E-state index in [2.05, 4.69) is 14.8 Å². The van der Waals surface area contributed by atoms with Gasteiger partial charge in [0.25, 0.3) is 0 Å². The van der Waals surface area contributed by atoms with Crippen LogP contribution in [0.15, 0.2) is 12.7 Å². The van der Waals surface area contributed by atoms with E-state index in [4.69, 9.17) is 4.74 Å². The van der Waals surface area contributed by atoms with Crippen LogP contribution >= 0.6 is 0 Å². The maximum Gasteiger partial charge on any atom is 0.347 e. The van der Waals surface area contributed by atoms with E-state index in [-0.39, 0.29) is 5.92 Å². The summed E-state index contributed by atoms with van der Waals surface area (Å²) in [5.41, 5.74) is 0. The molecule has 7 nitrogen and oxygen atoms in total. The molecule has 0 aliphatic carbocycles. The van der Waals surface area contributed by atoms with Crippen molar-refractivity contribution in [1.29, 1.82) is 0 Å². The molecule has 1 rings (SSSR count). The van der Waals surface area contributed by atoms with E-state index >= 15 is 0 Å². The summed E-state index contributed by atoms with van der Waals surface area (Å²) in [5.74, 6) is -0.882. The summed E-state index contributed by atoms with van der Waals surface area (Å²) in [5, 5.41) is 3.86. The van der Waals surface area contributed by atoms with Crippen molar-refractivity contribution in [3.8, 4) is 0 Å². The van der Waals surface area contributed by atoms with Gasteiger partial charge in [-0.2, -0.15) is 5.10 Å². The monoisotopic (exact) mass is 269 g/mol. The zero-order chi connectivity index (χ0) is 14.4. The second-order valence-electron chi connectivity index (χ2n) is 4.63. The molecule has 2 atom stereocenters. The van der Waals surface area contributed by atoms with E-state index < -0.39 is 24.1 Å². The van der Waals surface area contributed by atoms with Crippen LogP contribution in [0.4, 0.5) is 0 Å². The first-order valence-electron chi connectivity index (χ1n) is 6.08. The van der Waals surface area contributed by atoms with Gasteiger partial charge in [0.1, 0.15) is 18.7 Å². The van der Waals surface area contributed by atoms with Crippen molar-refractivity contribution >= 4 is 11.9 Å². The third-order valence-corrected chi connectivity index (χ3v) is 2.58. The Morgan fingerprint density at radius 2 is 1.95 bits per heavy atom. The molecule has 0 radical (unpaired) electrons.